The van der Waals surface area contributed by atoms with E-state index in [2.05, 4.69) is 0 Å². The summed E-state index contributed by atoms with van der Waals surface area (Å²) in [6.07, 6.45) is 0.539. The van der Waals surface area contributed by atoms with Crippen LogP contribution in [0, 0.1) is 0 Å². The van der Waals surface area contributed by atoms with Gasteiger partial charge >= 0.3 is 0 Å². The van der Waals surface area contributed by atoms with Gasteiger partial charge in [0.15, 0.2) is 0 Å². The fourth-order valence-corrected chi connectivity index (χ4v) is 1.85. The molecule has 1 aliphatic heterocycles. The van der Waals surface area contributed by atoms with E-state index in [1.165, 1.54) is 0 Å². The van der Waals surface area contributed by atoms with Gasteiger partial charge in [-0.05, 0) is 0 Å². The highest BCUT2D eigenvalue weighted by Crippen LogP contribution is 2.16. The average Bonchev–Trinajstić information content (AvgIpc) is 2.59. The van der Waals surface area contributed by atoms with Crippen LogP contribution < -0.4 is 0 Å². The summed E-state index contributed by atoms with van der Waals surface area (Å²) >= 11 is 5.12. The van der Waals surface area contributed by atoms with Crippen LogP contribution in [0.5, 0.6) is 0 Å². The Labute approximate surface area is 92.7 Å². The van der Waals surface area contributed by atoms with Crippen LogP contribution in [0.4, 0.5) is 0 Å². The molecule has 0 atom stereocenters. The minimum absolute atomic E-state index is 0.200. The Balaban J connectivity index is 2.29. The number of nitrogens with zero attached hydrogens (tertiary/aromatic N) is 1. The molecule has 0 aliphatic carbocycles. The van der Waals surface area contributed by atoms with E-state index in [0.29, 0.717) is 4.99 Å². The fourth-order valence-electron chi connectivity index (χ4n) is 1.51. The van der Waals surface area contributed by atoms with Crippen LogP contribution >= 0.6 is 12.2 Å². The van der Waals surface area contributed by atoms with Gasteiger partial charge in [0.05, 0.1) is 0 Å². The standard InChI is InChI=1S/C11H9NO2S/c13-9-6-7-10(14)12(9)11(15)8-4-2-1-3-5-8/h1-5H,6-7H2. The van der Waals surface area contributed by atoms with Crippen molar-refractivity contribution in [3.05, 3.63) is 35.9 Å². The van der Waals surface area contributed by atoms with Crippen LogP contribution in [0.3, 0.4) is 0 Å². The molecule has 0 unspecified atom stereocenters. The summed E-state index contributed by atoms with van der Waals surface area (Å²) in [5.41, 5.74) is 0.733. The van der Waals surface area contributed by atoms with Gasteiger partial charge in [0, 0.05) is 18.4 Å². The number of hydrogen-bond acceptors (Lipinski definition) is 3. The molecule has 0 bridgehead atoms. The molecular weight excluding hydrogens is 210 g/mol. The summed E-state index contributed by atoms with van der Waals surface area (Å²) in [6, 6.07) is 9.10. The van der Waals surface area contributed by atoms with Gasteiger partial charge in [0.25, 0.3) is 0 Å². The van der Waals surface area contributed by atoms with Crippen molar-refractivity contribution in [1.82, 2.24) is 4.90 Å². The van der Waals surface area contributed by atoms with Gasteiger partial charge in [0.2, 0.25) is 11.8 Å². The summed E-state index contributed by atoms with van der Waals surface area (Å²) in [6.45, 7) is 0. The molecule has 1 aromatic rings. The first-order valence-corrected chi connectivity index (χ1v) is 5.06. The molecule has 1 aromatic carbocycles. The normalized spacial score (nSPS) is 15.9. The topological polar surface area (TPSA) is 37.4 Å². The number of imide groups is 1. The lowest BCUT2D eigenvalue weighted by Crippen LogP contribution is -2.34. The number of carbonyl (C=O) groups excluding carboxylic acids is 2. The second-order valence-corrected chi connectivity index (χ2v) is 3.68. The van der Waals surface area contributed by atoms with E-state index in [1.807, 2.05) is 18.2 Å². The zero-order valence-electron chi connectivity index (χ0n) is 7.97. The second-order valence-electron chi connectivity index (χ2n) is 3.29. The van der Waals surface area contributed by atoms with E-state index >= 15 is 0 Å². The Kier molecular flexibility index (Phi) is 2.60. The monoisotopic (exact) mass is 219 g/mol. The minimum Gasteiger partial charge on any atom is -0.274 e. The highest BCUT2D eigenvalue weighted by atomic mass is 32.1. The van der Waals surface area contributed by atoms with E-state index in [9.17, 15) is 9.59 Å². The van der Waals surface area contributed by atoms with Crippen molar-refractivity contribution >= 4 is 29.0 Å². The Morgan fingerprint density at radius 3 is 2.13 bits per heavy atom. The number of rotatable bonds is 1. The Morgan fingerprint density at radius 2 is 1.60 bits per heavy atom. The first-order chi connectivity index (χ1) is 7.20. The maximum atomic E-state index is 11.4. The third kappa shape index (κ3) is 1.80. The van der Waals surface area contributed by atoms with Gasteiger partial charge < -0.3 is 0 Å². The SMILES string of the molecule is O=C1CCC(=O)N1C(=S)c1ccccc1. The van der Waals surface area contributed by atoms with Crippen molar-refractivity contribution in [1.29, 1.82) is 0 Å². The van der Waals surface area contributed by atoms with Crippen molar-refractivity contribution in [2.24, 2.45) is 0 Å². The molecule has 76 valence electrons. The number of hydrogen-bond donors (Lipinski definition) is 0. The van der Waals surface area contributed by atoms with Crippen LogP contribution in [0.25, 0.3) is 0 Å². The lowest BCUT2D eigenvalue weighted by molar-refractivity contribution is -0.133. The summed E-state index contributed by atoms with van der Waals surface area (Å²) in [5, 5.41) is 0. The number of likely N-dealkylation sites (tertiary alicyclic amines) is 1. The van der Waals surface area contributed by atoms with Crippen LogP contribution in [0.1, 0.15) is 18.4 Å². The molecule has 0 radical (unpaired) electrons. The Morgan fingerprint density at radius 1 is 1.07 bits per heavy atom. The molecule has 3 nitrogen and oxygen atoms in total. The molecule has 1 saturated heterocycles. The van der Waals surface area contributed by atoms with Crippen molar-refractivity contribution < 1.29 is 9.59 Å². The summed E-state index contributed by atoms with van der Waals surface area (Å²) in [7, 11) is 0. The van der Waals surface area contributed by atoms with Gasteiger partial charge in [-0.3, -0.25) is 9.59 Å². The summed E-state index contributed by atoms with van der Waals surface area (Å²) in [5.74, 6) is -0.400. The van der Waals surface area contributed by atoms with Gasteiger partial charge in [0.1, 0.15) is 4.99 Å². The van der Waals surface area contributed by atoms with Gasteiger partial charge in [-0.2, -0.15) is 0 Å². The van der Waals surface area contributed by atoms with Crippen LogP contribution in [-0.4, -0.2) is 21.7 Å². The quantitative estimate of drug-likeness (QED) is 0.530. The van der Waals surface area contributed by atoms with Crippen LogP contribution in [-0.2, 0) is 9.59 Å². The molecule has 2 amide bonds. The lowest BCUT2D eigenvalue weighted by Gasteiger charge is -2.14. The molecule has 0 aromatic heterocycles. The molecule has 15 heavy (non-hydrogen) atoms. The zero-order valence-corrected chi connectivity index (χ0v) is 8.79. The van der Waals surface area contributed by atoms with Crippen molar-refractivity contribution in [3.8, 4) is 0 Å². The third-order valence-electron chi connectivity index (χ3n) is 2.28. The van der Waals surface area contributed by atoms with E-state index in [1.54, 1.807) is 12.1 Å². The molecule has 4 heteroatoms. The highest BCUT2D eigenvalue weighted by Gasteiger charge is 2.32. The van der Waals surface area contributed by atoms with Crippen molar-refractivity contribution in [2.75, 3.05) is 0 Å². The van der Waals surface area contributed by atoms with E-state index < -0.39 is 0 Å². The zero-order chi connectivity index (χ0) is 10.8. The number of thiocarbonyl (C=S) groups is 1. The molecule has 1 heterocycles. The predicted octanol–water partition coefficient (Wildman–Crippen LogP) is 1.51. The molecule has 0 N–H and O–H groups in total. The van der Waals surface area contributed by atoms with Crippen LogP contribution in [0.15, 0.2) is 30.3 Å². The average molecular weight is 219 g/mol. The van der Waals surface area contributed by atoms with Gasteiger partial charge in [-0.25, -0.2) is 4.90 Å². The number of carbonyl (C=O) groups is 2. The third-order valence-corrected chi connectivity index (χ3v) is 2.69. The number of benzene rings is 1. The van der Waals surface area contributed by atoms with Crippen molar-refractivity contribution in [2.45, 2.75) is 12.8 Å². The first kappa shape index (κ1) is 9.98. The smallest absolute Gasteiger partial charge is 0.234 e. The summed E-state index contributed by atoms with van der Waals surface area (Å²) < 4.78 is 0. The number of amides is 2. The Hall–Kier alpha value is -1.55. The van der Waals surface area contributed by atoms with E-state index in [4.69, 9.17) is 12.2 Å². The minimum atomic E-state index is -0.200. The first-order valence-electron chi connectivity index (χ1n) is 4.65. The summed E-state index contributed by atoms with van der Waals surface area (Å²) in [4.78, 5) is 24.2. The highest BCUT2D eigenvalue weighted by molar-refractivity contribution is 7.80. The molecule has 1 aliphatic rings. The van der Waals surface area contributed by atoms with E-state index in [-0.39, 0.29) is 24.7 Å². The fraction of sp³-hybridized carbons (Fsp3) is 0.182. The maximum absolute atomic E-state index is 11.4. The van der Waals surface area contributed by atoms with Gasteiger partial charge in [-0.1, -0.05) is 42.5 Å². The molecule has 1 fully saturated rings. The molecular formula is C11H9NO2S. The largest absolute Gasteiger partial charge is 0.274 e. The second kappa shape index (κ2) is 3.90. The maximum Gasteiger partial charge on any atom is 0.234 e. The lowest BCUT2D eigenvalue weighted by atomic mass is 10.2. The van der Waals surface area contributed by atoms with E-state index in [0.717, 1.165) is 10.5 Å². The Bertz CT molecular complexity index is 411. The molecule has 2 rings (SSSR count). The predicted molar refractivity (Wildman–Crippen MR) is 59.2 cm³/mol. The molecule has 0 spiro atoms. The molecule has 0 saturated carbocycles. The van der Waals surface area contributed by atoms with Gasteiger partial charge in [-0.15, -0.1) is 0 Å². The van der Waals surface area contributed by atoms with Crippen molar-refractivity contribution in [3.63, 3.8) is 0 Å². The van der Waals surface area contributed by atoms with Crippen LogP contribution in [0.2, 0.25) is 0 Å².